The highest BCUT2D eigenvalue weighted by Crippen LogP contribution is 2.47. The van der Waals surface area contributed by atoms with E-state index >= 15 is 0 Å². The lowest BCUT2D eigenvalue weighted by Crippen LogP contribution is -2.57. The topological polar surface area (TPSA) is 17.1 Å². The summed E-state index contributed by atoms with van der Waals surface area (Å²) < 4.78 is 104. The summed E-state index contributed by atoms with van der Waals surface area (Å²) in [6.45, 7) is 0. The van der Waals surface area contributed by atoms with Gasteiger partial charge in [-0.15, -0.1) is 0 Å². The predicted molar refractivity (Wildman–Crippen MR) is 27.0 cm³/mol. The molecule has 0 amide bonds. The largest absolute Gasteiger partial charge is 0.460 e. The van der Waals surface area contributed by atoms with E-state index in [1.54, 1.807) is 0 Å². The molecule has 0 rings (SSSR count). The number of alkyl halides is 9. The van der Waals surface area contributed by atoms with Crippen LogP contribution in [0.3, 0.4) is 0 Å². The first-order valence-electron chi connectivity index (χ1n) is 3.00. The van der Waals surface area contributed by atoms with Crippen LogP contribution in [0.15, 0.2) is 0 Å². The average Bonchev–Trinajstić information content (AvgIpc) is 2.00. The van der Waals surface area contributed by atoms with E-state index in [-0.39, 0.29) is 0 Å². The first-order chi connectivity index (χ1) is 6.35. The van der Waals surface area contributed by atoms with Gasteiger partial charge in [0, 0.05) is 0 Å². The summed E-state index contributed by atoms with van der Waals surface area (Å²) in [5, 5.41) is 0. The summed E-state index contributed by atoms with van der Waals surface area (Å²) in [4.78, 5) is 9.78. The maximum Gasteiger partial charge on any atom is 0.460 e. The van der Waals surface area contributed by atoms with Gasteiger partial charge in [-0.3, -0.25) is 4.79 Å². The van der Waals surface area contributed by atoms with Crippen LogP contribution in [-0.4, -0.2) is 30.2 Å². The summed E-state index contributed by atoms with van der Waals surface area (Å²) in [5.41, 5.74) is 0. The van der Waals surface area contributed by atoms with Crippen LogP contribution in [0.2, 0.25) is 0 Å². The van der Waals surface area contributed by atoms with Crippen molar-refractivity contribution < 1.29 is 44.3 Å². The van der Waals surface area contributed by atoms with Gasteiger partial charge in [0.1, 0.15) is 0 Å². The molecule has 0 radical (unpaired) electrons. The number of rotatable bonds is 3. The Morgan fingerprint density at radius 3 is 1.40 bits per heavy atom. The Bertz CT molecular complexity index is 252. The maximum atomic E-state index is 12.0. The third kappa shape index (κ3) is 2.17. The van der Waals surface area contributed by atoms with E-state index in [0.717, 1.165) is 0 Å². The molecule has 1 nitrogen and oxygen atoms in total. The predicted octanol–water partition coefficient (Wildman–Crippen LogP) is 2.65. The molecule has 0 saturated carbocycles. The SMILES string of the molecule is O=C(C(F)F)C(F)(F)C(F)(F)C(F)(F)F. The van der Waals surface area contributed by atoms with Gasteiger partial charge in [0.15, 0.2) is 0 Å². The van der Waals surface area contributed by atoms with Crippen molar-refractivity contribution >= 4 is 5.78 Å². The normalized spacial score (nSPS) is 14.5. The molecule has 0 aliphatic carbocycles. The van der Waals surface area contributed by atoms with Crippen molar-refractivity contribution in [3.8, 4) is 0 Å². The van der Waals surface area contributed by atoms with Crippen LogP contribution in [0.25, 0.3) is 0 Å². The third-order valence-corrected chi connectivity index (χ3v) is 1.26. The summed E-state index contributed by atoms with van der Waals surface area (Å²) in [7, 11) is 0. The lowest BCUT2D eigenvalue weighted by molar-refractivity contribution is -0.345. The number of hydrogen-bond donors (Lipinski definition) is 0. The van der Waals surface area contributed by atoms with Crippen LogP contribution in [0.5, 0.6) is 0 Å². The van der Waals surface area contributed by atoms with E-state index in [1.807, 2.05) is 0 Å². The van der Waals surface area contributed by atoms with Crippen LogP contribution in [0, 0.1) is 0 Å². The second-order valence-electron chi connectivity index (χ2n) is 2.31. The van der Waals surface area contributed by atoms with E-state index in [2.05, 4.69) is 0 Å². The molecular weight excluding hydrogens is 247 g/mol. The number of hydrogen-bond acceptors (Lipinski definition) is 1. The molecule has 15 heavy (non-hydrogen) atoms. The Morgan fingerprint density at radius 1 is 0.867 bits per heavy atom. The molecule has 90 valence electrons. The molecule has 0 aromatic carbocycles. The summed E-state index contributed by atoms with van der Waals surface area (Å²) >= 11 is 0. The van der Waals surface area contributed by atoms with Crippen molar-refractivity contribution in [2.24, 2.45) is 0 Å². The lowest BCUT2D eigenvalue weighted by Gasteiger charge is -2.26. The van der Waals surface area contributed by atoms with Crippen molar-refractivity contribution in [3.05, 3.63) is 0 Å². The van der Waals surface area contributed by atoms with Gasteiger partial charge >= 0.3 is 24.4 Å². The first-order valence-corrected chi connectivity index (χ1v) is 3.00. The van der Waals surface area contributed by atoms with Crippen molar-refractivity contribution in [2.45, 2.75) is 24.4 Å². The summed E-state index contributed by atoms with van der Waals surface area (Å²) in [6.07, 6.45) is -11.4. The van der Waals surface area contributed by atoms with Crippen LogP contribution in [-0.2, 0) is 4.79 Å². The molecule has 0 spiro atoms. The smallest absolute Gasteiger partial charge is 0.286 e. The van der Waals surface area contributed by atoms with Gasteiger partial charge in [-0.2, -0.15) is 30.7 Å². The monoisotopic (exact) mass is 248 g/mol. The zero-order valence-electron chi connectivity index (χ0n) is 6.39. The second kappa shape index (κ2) is 3.56. The van der Waals surface area contributed by atoms with Crippen LogP contribution < -0.4 is 0 Å². The highest BCUT2D eigenvalue weighted by atomic mass is 19.4. The zero-order chi connectivity index (χ0) is 12.7. The van der Waals surface area contributed by atoms with E-state index in [1.165, 1.54) is 0 Å². The standard InChI is InChI=1S/C5HF9O/c6-2(7)1(15)3(8,9)4(10,11)5(12,13)14/h2H. The molecule has 0 atom stereocenters. The van der Waals surface area contributed by atoms with Crippen molar-refractivity contribution in [1.29, 1.82) is 0 Å². The minimum atomic E-state index is -6.83. The van der Waals surface area contributed by atoms with Crippen molar-refractivity contribution in [2.75, 3.05) is 0 Å². The van der Waals surface area contributed by atoms with Gasteiger partial charge in [-0.1, -0.05) is 0 Å². The lowest BCUT2D eigenvalue weighted by atomic mass is 10.1. The number of carbonyl (C=O) groups is 1. The molecule has 0 aromatic heterocycles. The average molecular weight is 248 g/mol. The highest BCUT2D eigenvalue weighted by Gasteiger charge is 2.77. The van der Waals surface area contributed by atoms with Crippen molar-refractivity contribution in [3.63, 3.8) is 0 Å². The molecule has 0 aliphatic rings. The summed E-state index contributed by atoms with van der Waals surface area (Å²) in [6, 6.07) is 0. The molecule has 0 aliphatic heterocycles. The molecular formula is C5HF9O. The fourth-order valence-corrected chi connectivity index (χ4v) is 0.470. The number of ketones is 1. The van der Waals surface area contributed by atoms with Gasteiger partial charge in [-0.25, -0.2) is 8.78 Å². The minimum absolute atomic E-state index is 3.77. The quantitative estimate of drug-likeness (QED) is 0.701. The number of Topliss-reactive ketones (excluding diaryl/α,β-unsaturated/α-hetero) is 1. The molecule has 0 fully saturated rings. The fourth-order valence-electron chi connectivity index (χ4n) is 0.470. The van der Waals surface area contributed by atoms with E-state index in [9.17, 15) is 44.3 Å². The van der Waals surface area contributed by atoms with Crippen LogP contribution >= 0.6 is 0 Å². The second-order valence-corrected chi connectivity index (χ2v) is 2.31. The van der Waals surface area contributed by atoms with Gasteiger partial charge < -0.3 is 0 Å². The van der Waals surface area contributed by atoms with E-state index in [0.29, 0.717) is 0 Å². The first kappa shape index (κ1) is 14.0. The highest BCUT2D eigenvalue weighted by molar-refractivity contribution is 5.89. The Hall–Kier alpha value is -0.960. The van der Waals surface area contributed by atoms with Crippen molar-refractivity contribution in [1.82, 2.24) is 0 Å². The van der Waals surface area contributed by atoms with Crippen LogP contribution in [0.4, 0.5) is 39.5 Å². The molecule has 0 saturated heterocycles. The zero-order valence-corrected chi connectivity index (χ0v) is 6.39. The van der Waals surface area contributed by atoms with Gasteiger partial charge in [0.05, 0.1) is 0 Å². The molecule has 0 aromatic rings. The third-order valence-electron chi connectivity index (χ3n) is 1.26. The Labute approximate surface area is 75.9 Å². The fraction of sp³-hybridized carbons (Fsp3) is 0.800. The Balaban J connectivity index is 5.29. The molecule has 0 heterocycles. The Kier molecular flexibility index (Phi) is 3.33. The molecule has 0 unspecified atom stereocenters. The number of halogens is 9. The minimum Gasteiger partial charge on any atom is -0.286 e. The van der Waals surface area contributed by atoms with Crippen LogP contribution in [0.1, 0.15) is 0 Å². The summed E-state index contributed by atoms with van der Waals surface area (Å²) in [5.74, 6) is -17.1. The van der Waals surface area contributed by atoms with Gasteiger partial charge in [-0.05, 0) is 0 Å². The molecule has 10 heteroatoms. The molecule has 0 N–H and O–H groups in total. The van der Waals surface area contributed by atoms with E-state index in [4.69, 9.17) is 0 Å². The maximum absolute atomic E-state index is 12.0. The Morgan fingerprint density at radius 2 is 1.20 bits per heavy atom. The molecule has 0 bridgehead atoms. The van der Waals surface area contributed by atoms with Gasteiger partial charge in [0.2, 0.25) is 0 Å². The number of carbonyl (C=O) groups excluding carboxylic acids is 1. The van der Waals surface area contributed by atoms with Gasteiger partial charge in [0.25, 0.3) is 5.78 Å². The van der Waals surface area contributed by atoms with E-state index < -0.39 is 30.2 Å².